The van der Waals surface area contributed by atoms with E-state index in [1.165, 1.54) is 34.4 Å². The van der Waals surface area contributed by atoms with Gasteiger partial charge in [0.25, 0.3) is 5.91 Å². The molecule has 1 saturated heterocycles. The number of likely N-dealkylation sites (N-methyl/N-ethyl adjacent to an activating group) is 1. The minimum absolute atomic E-state index is 0.153. The fourth-order valence-corrected chi connectivity index (χ4v) is 6.14. The van der Waals surface area contributed by atoms with Gasteiger partial charge in [0, 0.05) is 36.6 Å². The molecule has 6 heteroatoms. The van der Waals surface area contributed by atoms with E-state index in [1.54, 1.807) is 29.7 Å². The number of piperazine rings is 1. The molecule has 1 aliphatic carbocycles. The molecular weight excluding hydrogens is 406 g/mol. The number of fused-ring (bicyclic) bond motifs is 1. The highest BCUT2D eigenvalue weighted by molar-refractivity contribution is 7.16. The zero-order chi connectivity index (χ0) is 21.2. The molecule has 0 radical (unpaired) electrons. The molecular formula is C25H29N3O2S. The van der Waals surface area contributed by atoms with E-state index in [0.717, 1.165) is 44.0 Å². The summed E-state index contributed by atoms with van der Waals surface area (Å²) in [6.45, 7) is 4.16. The lowest BCUT2D eigenvalue weighted by Crippen LogP contribution is -2.46. The number of anilines is 1. The van der Waals surface area contributed by atoms with Gasteiger partial charge < -0.3 is 14.6 Å². The predicted molar refractivity (Wildman–Crippen MR) is 125 cm³/mol. The monoisotopic (exact) mass is 435 g/mol. The van der Waals surface area contributed by atoms with E-state index < -0.39 is 0 Å². The Hall–Kier alpha value is -2.41. The van der Waals surface area contributed by atoms with Gasteiger partial charge in [-0.15, -0.1) is 11.3 Å². The van der Waals surface area contributed by atoms with Crippen LogP contribution in [0.4, 0.5) is 5.00 Å². The topological polar surface area (TPSA) is 48.7 Å². The standard InChI is InChI=1S/C25H29N3O2S/c1-27-13-15-28(16-14-27)23(18-8-3-2-4-9-18)22-19-10-5-6-12-21(19)31-25(22)26-24(29)20-11-7-17-30-20/h2-4,7-9,11,17,23H,5-6,10,12-16H2,1H3,(H,26,29)/t23-/m1/s1. The molecule has 1 N–H and O–H groups in total. The van der Waals surface area contributed by atoms with Gasteiger partial charge in [0.2, 0.25) is 0 Å². The fourth-order valence-electron chi connectivity index (χ4n) is 4.82. The second-order valence-corrected chi connectivity index (χ2v) is 9.64. The second-order valence-electron chi connectivity index (χ2n) is 8.54. The van der Waals surface area contributed by atoms with E-state index in [4.69, 9.17) is 4.42 Å². The van der Waals surface area contributed by atoms with E-state index in [2.05, 4.69) is 52.5 Å². The number of hydrogen-bond donors (Lipinski definition) is 1. The molecule has 0 bridgehead atoms. The molecule has 3 aromatic rings. The lowest BCUT2D eigenvalue weighted by atomic mass is 9.88. The number of furan rings is 1. The fraction of sp³-hybridized carbons (Fsp3) is 0.400. The van der Waals surface area contributed by atoms with Crippen LogP contribution in [0.2, 0.25) is 0 Å². The number of carbonyl (C=O) groups is 1. The molecule has 5 rings (SSSR count). The van der Waals surface area contributed by atoms with Crippen LogP contribution in [0.5, 0.6) is 0 Å². The maximum atomic E-state index is 12.9. The average Bonchev–Trinajstić information content (AvgIpc) is 3.45. The Morgan fingerprint density at radius 2 is 1.81 bits per heavy atom. The van der Waals surface area contributed by atoms with Crippen LogP contribution in [-0.2, 0) is 12.8 Å². The normalized spacial score (nSPS) is 18.5. The second kappa shape index (κ2) is 8.99. The summed E-state index contributed by atoms with van der Waals surface area (Å²) in [5, 5.41) is 4.20. The largest absolute Gasteiger partial charge is 0.459 e. The number of amides is 1. The summed E-state index contributed by atoms with van der Waals surface area (Å²) in [5.41, 5.74) is 4.06. The number of aryl methyl sites for hydroxylation is 1. The lowest BCUT2D eigenvalue weighted by molar-refractivity contribution is 0.0996. The Balaban J connectivity index is 1.59. The molecule has 1 aliphatic heterocycles. The van der Waals surface area contributed by atoms with Gasteiger partial charge in [-0.25, -0.2) is 0 Å². The van der Waals surface area contributed by atoms with Crippen molar-refractivity contribution < 1.29 is 9.21 Å². The maximum Gasteiger partial charge on any atom is 0.291 e. The first-order valence-corrected chi connectivity index (χ1v) is 12.0. The van der Waals surface area contributed by atoms with Crippen molar-refractivity contribution in [1.82, 2.24) is 9.80 Å². The number of nitrogens with one attached hydrogen (secondary N) is 1. The first-order chi connectivity index (χ1) is 15.2. The summed E-state index contributed by atoms with van der Waals surface area (Å²) >= 11 is 1.76. The summed E-state index contributed by atoms with van der Waals surface area (Å²) in [4.78, 5) is 19.3. The molecule has 162 valence electrons. The molecule has 1 aromatic carbocycles. The number of thiophene rings is 1. The van der Waals surface area contributed by atoms with Crippen LogP contribution in [0.1, 0.15) is 51.0 Å². The van der Waals surface area contributed by atoms with Gasteiger partial charge in [-0.05, 0) is 56.0 Å². The van der Waals surface area contributed by atoms with E-state index >= 15 is 0 Å². The van der Waals surface area contributed by atoms with E-state index in [-0.39, 0.29) is 11.9 Å². The first-order valence-electron chi connectivity index (χ1n) is 11.2. The summed E-state index contributed by atoms with van der Waals surface area (Å²) in [7, 11) is 2.19. The molecule has 0 unspecified atom stereocenters. The van der Waals surface area contributed by atoms with Crippen molar-refractivity contribution in [2.24, 2.45) is 0 Å². The Morgan fingerprint density at radius 1 is 1.03 bits per heavy atom. The number of hydrogen-bond acceptors (Lipinski definition) is 5. The SMILES string of the molecule is CN1CCN([C@H](c2ccccc2)c2c(NC(=O)c3ccco3)sc3c2CCCC3)CC1. The van der Waals surface area contributed by atoms with Gasteiger partial charge in [0.1, 0.15) is 5.00 Å². The number of rotatable bonds is 5. The van der Waals surface area contributed by atoms with Crippen LogP contribution < -0.4 is 5.32 Å². The molecule has 31 heavy (non-hydrogen) atoms. The van der Waals surface area contributed by atoms with Gasteiger partial charge in [-0.2, -0.15) is 0 Å². The van der Waals surface area contributed by atoms with Crippen LogP contribution in [-0.4, -0.2) is 48.9 Å². The zero-order valence-corrected chi connectivity index (χ0v) is 18.8. The van der Waals surface area contributed by atoms with Gasteiger partial charge >= 0.3 is 0 Å². The third-order valence-electron chi connectivity index (χ3n) is 6.48. The van der Waals surface area contributed by atoms with Crippen molar-refractivity contribution in [3.05, 3.63) is 76.1 Å². The highest BCUT2D eigenvalue weighted by Gasteiger charge is 2.33. The van der Waals surface area contributed by atoms with Crippen LogP contribution in [0.3, 0.4) is 0 Å². The third kappa shape index (κ3) is 4.20. The highest BCUT2D eigenvalue weighted by atomic mass is 32.1. The number of benzene rings is 1. The summed E-state index contributed by atoms with van der Waals surface area (Å²) in [6.07, 6.45) is 6.19. The Bertz CT molecular complexity index is 1020. The zero-order valence-electron chi connectivity index (χ0n) is 18.0. The molecule has 1 amide bonds. The third-order valence-corrected chi connectivity index (χ3v) is 7.70. The quantitative estimate of drug-likeness (QED) is 0.625. The minimum atomic E-state index is -0.171. The van der Waals surface area contributed by atoms with Crippen molar-refractivity contribution in [2.45, 2.75) is 31.7 Å². The Kier molecular flexibility index (Phi) is 5.94. The Morgan fingerprint density at radius 3 is 2.55 bits per heavy atom. The van der Waals surface area contributed by atoms with Crippen LogP contribution in [0.15, 0.2) is 53.1 Å². The summed E-state index contributed by atoms with van der Waals surface area (Å²) in [6, 6.07) is 14.4. The van der Waals surface area contributed by atoms with Gasteiger partial charge in [-0.1, -0.05) is 30.3 Å². The van der Waals surface area contributed by atoms with Crippen molar-refractivity contribution in [3.63, 3.8) is 0 Å². The average molecular weight is 436 g/mol. The van der Waals surface area contributed by atoms with Crippen molar-refractivity contribution in [3.8, 4) is 0 Å². The first kappa shape index (κ1) is 20.5. The van der Waals surface area contributed by atoms with Gasteiger partial charge in [0.05, 0.1) is 12.3 Å². The Labute approximate surface area is 187 Å². The van der Waals surface area contributed by atoms with E-state index in [1.807, 2.05) is 0 Å². The van der Waals surface area contributed by atoms with Crippen LogP contribution in [0, 0.1) is 0 Å². The predicted octanol–water partition coefficient (Wildman–Crippen LogP) is 4.81. The molecule has 1 fully saturated rings. The highest BCUT2D eigenvalue weighted by Crippen LogP contribution is 2.45. The summed E-state index contributed by atoms with van der Waals surface area (Å²) in [5.74, 6) is 0.184. The molecule has 3 heterocycles. The number of carbonyl (C=O) groups excluding carboxylic acids is 1. The number of nitrogens with zero attached hydrogens (tertiary/aromatic N) is 2. The van der Waals surface area contributed by atoms with E-state index in [9.17, 15) is 4.79 Å². The van der Waals surface area contributed by atoms with Gasteiger partial charge in [0.15, 0.2) is 5.76 Å². The molecule has 1 atom stereocenters. The molecule has 2 aromatic heterocycles. The van der Waals surface area contributed by atoms with Crippen LogP contribution >= 0.6 is 11.3 Å². The molecule has 5 nitrogen and oxygen atoms in total. The molecule has 2 aliphatic rings. The smallest absolute Gasteiger partial charge is 0.291 e. The van der Waals surface area contributed by atoms with Crippen molar-refractivity contribution >= 4 is 22.2 Å². The van der Waals surface area contributed by atoms with Crippen LogP contribution in [0.25, 0.3) is 0 Å². The van der Waals surface area contributed by atoms with Gasteiger partial charge in [-0.3, -0.25) is 9.69 Å². The molecule has 0 spiro atoms. The summed E-state index contributed by atoms with van der Waals surface area (Å²) < 4.78 is 5.36. The maximum absolute atomic E-state index is 12.9. The lowest BCUT2D eigenvalue weighted by Gasteiger charge is -2.39. The molecule has 0 saturated carbocycles. The minimum Gasteiger partial charge on any atom is -0.459 e. The van der Waals surface area contributed by atoms with E-state index in [0.29, 0.717) is 5.76 Å². The van der Waals surface area contributed by atoms with Crippen molar-refractivity contribution in [2.75, 3.05) is 38.5 Å². The van der Waals surface area contributed by atoms with Crippen molar-refractivity contribution in [1.29, 1.82) is 0 Å².